The summed E-state index contributed by atoms with van der Waals surface area (Å²) in [6.45, 7) is 0. The fourth-order valence-electron chi connectivity index (χ4n) is 7.11. The summed E-state index contributed by atoms with van der Waals surface area (Å²) in [6.07, 6.45) is 3.09. The first-order valence-electron chi connectivity index (χ1n) is 12.3. The van der Waals surface area contributed by atoms with E-state index in [0.29, 0.717) is 0 Å². The Hall–Kier alpha value is -4.10. The standard InChI is InChI=1S/C33H21N/c1-3-9-25-19(7-1)15-21-13-14-22-17-23-18-24-16-20-8-2-5-11-27(20)34-28-12-6-4-10-26(28)32(33(24)34)31(23)30(22)29(21)25/h1-14,18H,15-17H2. The van der Waals surface area contributed by atoms with Crippen LogP contribution in [0, 0.1) is 0 Å². The molecule has 5 aromatic carbocycles. The third kappa shape index (κ3) is 1.94. The van der Waals surface area contributed by atoms with E-state index in [2.05, 4.69) is 95.6 Å². The number of aromatic nitrogens is 1. The molecule has 1 heteroatoms. The molecule has 0 atom stereocenters. The summed E-state index contributed by atoms with van der Waals surface area (Å²) in [5.41, 5.74) is 18.8. The van der Waals surface area contributed by atoms with Gasteiger partial charge in [-0.15, -0.1) is 0 Å². The van der Waals surface area contributed by atoms with E-state index in [1.807, 2.05) is 0 Å². The van der Waals surface area contributed by atoms with Crippen molar-refractivity contribution in [1.82, 2.24) is 4.57 Å². The molecule has 0 radical (unpaired) electrons. The van der Waals surface area contributed by atoms with Crippen molar-refractivity contribution in [2.45, 2.75) is 19.3 Å². The molecule has 6 aromatic rings. The molecular weight excluding hydrogens is 410 g/mol. The van der Waals surface area contributed by atoms with Gasteiger partial charge in [0.1, 0.15) is 0 Å². The smallest absolute Gasteiger partial charge is 0.0583 e. The van der Waals surface area contributed by atoms with E-state index in [1.165, 1.54) is 83.1 Å². The quantitative estimate of drug-likeness (QED) is 0.231. The van der Waals surface area contributed by atoms with E-state index in [1.54, 1.807) is 0 Å². The molecule has 0 N–H and O–H groups in total. The molecule has 2 aliphatic carbocycles. The van der Waals surface area contributed by atoms with Crippen LogP contribution in [0.3, 0.4) is 0 Å². The van der Waals surface area contributed by atoms with E-state index in [4.69, 9.17) is 0 Å². The second-order valence-corrected chi connectivity index (χ2v) is 10.1. The molecule has 0 bridgehead atoms. The minimum absolute atomic E-state index is 1.01. The topological polar surface area (TPSA) is 4.93 Å². The number of rotatable bonds is 0. The number of hydrogen-bond donors (Lipinski definition) is 0. The zero-order valence-electron chi connectivity index (χ0n) is 18.7. The lowest BCUT2D eigenvalue weighted by atomic mass is 9.89. The molecule has 0 unspecified atom stereocenters. The number of para-hydroxylation sites is 2. The van der Waals surface area contributed by atoms with Gasteiger partial charge in [-0.05, 0) is 80.6 Å². The maximum absolute atomic E-state index is 2.54. The number of nitrogens with zero attached hydrogens (tertiary/aromatic N) is 1. The van der Waals surface area contributed by atoms with Gasteiger partial charge in [0.05, 0.1) is 11.0 Å². The number of benzene rings is 5. The third-order valence-electron chi connectivity index (χ3n) is 8.39. The highest BCUT2D eigenvalue weighted by atomic mass is 15.0. The van der Waals surface area contributed by atoms with Crippen LogP contribution in [0.2, 0.25) is 0 Å². The van der Waals surface area contributed by atoms with Crippen molar-refractivity contribution in [1.29, 1.82) is 0 Å². The Morgan fingerprint density at radius 2 is 1.21 bits per heavy atom. The van der Waals surface area contributed by atoms with Gasteiger partial charge in [0.2, 0.25) is 0 Å². The molecule has 0 saturated carbocycles. The van der Waals surface area contributed by atoms with Gasteiger partial charge in [0.15, 0.2) is 0 Å². The Morgan fingerprint density at radius 3 is 2.15 bits per heavy atom. The van der Waals surface area contributed by atoms with Gasteiger partial charge >= 0.3 is 0 Å². The minimum Gasteiger partial charge on any atom is -0.309 e. The predicted octanol–water partition coefficient (Wildman–Crippen LogP) is 7.83. The first-order chi connectivity index (χ1) is 16.9. The van der Waals surface area contributed by atoms with Crippen molar-refractivity contribution in [3.8, 4) is 27.9 Å². The fourth-order valence-corrected chi connectivity index (χ4v) is 7.11. The average Bonchev–Trinajstić information content (AvgIpc) is 3.54. The summed E-state index contributed by atoms with van der Waals surface area (Å²) in [5, 5.41) is 2.83. The van der Waals surface area contributed by atoms with Crippen LogP contribution in [-0.4, -0.2) is 4.57 Å². The van der Waals surface area contributed by atoms with Crippen LogP contribution in [-0.2, 0) is 19.3 Å². The van der Waals surface area contributed by atoms with Gasteiger partial charge in [-0.25, -0.2) is 0 Å². The first-order valence-corrected chi connectivity index (χ1v) is 12.3. The summed E-state index contributed by atoms with van der Waals surface area (Å²) in [6, 6.07) is 34.3. The summed E-state index contributed by atoms with van der Waals surface area (Å²) in [4.78, 5) is 0. The maximum atomic E-state index is 2.54. The highest BCUT2D eigenvalue weighted by molar-refractivity contribution is 6.20. The second-order valence-electron chi connectivity index (χ2n) is 10.1. The van der Waals surface area contributed by atoms with Crippen molar-refractivity contribution in [2.75, 3.05) is 0 Å². The van der Waals surface area contributed by atoms with Crippen LogP contribution < -0.4 is 0 Å². The van der Waals surface area contributed by atoms with E-state index < -0.39 is 0 Å². The van der Waals surface area contributed by atoms with Crippen LogP contribution in [0.25, 0.3) is 49.7 Å². The highest BCUT2D eigenvalue weighted by Gasteiger charge is 2.33. The first kappa shape index (κ1) is 17.4. The summed E-state index contributed by atoms with van der Waals surface area (Å²) in [7, 11) is 0. The Morgan fingerprint density at radius 1 is 0.500 bits per heavy atom. The highest BCUT2D eigenvalue weighted by Crippen LogP contribution is 2.54. The van der Waals surface area contributed by atoms with E-state index in [-0.39, 0.29) is 0 Å². The van der Waals surface area contributed by atoms with Crippen LogP contribution in [0.5, 0.6) is 0 Å². The molecule has 9 rings (SSSR count). The average molecular weight is 432 g/mol. The zero-order valence-corrected chi connectivity index (χ0v) is 18.7. The van der Waals surface area contributed by atoms with E-state index in [9.17, 15) is 0 Å². The molecular formula is C33H21N. The van der Waals surface area contributed by atoms with Gasteiger partial charge in [0.25, 0.3) is 0 Å². The van der Waals surface area contributed by atoms with Gasteiger partial charge in [-0.3, -0.25) is 0 Å². The van der Waals surface area contributed by atoms with Gasteiger partial charge in [-0.1, -0.05) is 78.9 Å². The summed E-state index contributed by atoms with van der Waals surface area (Å²) in [5.74, 6) is 0. The van der Waals surface area contributed by atoms with Crippen LogP contribution >= 0.6 is 0 Å². The normalized spacial score (nSPS) is 14.1. The molecule has 2 heterocycles. The largest absolute Gasteiger partial charge is 0.309 e. The van der Waals surface area contributed by atoms with Crippen molar-refractivity contribution in [2.24, 2.45) is 0 Å². The minimum atomic E-state index is 1.01. The summed E-state index contributed by atoms with van der Waals surface area (Å²) < 4.78 is 2.54. The Labute approximate surface area is 197 Å². The SMILES string of the molecule is c1ccc2c(c1)Cc1ccc3c(c1-2)-c1c(cc2c4c1c1ccccc1n4-c1ccccc1C2)C3. The van der Waals surface area contributed by atoms with E-state index in [0.717, 1.165) is 19.3 Å². The molecule has 1 aliphatic heterocycles. The van der Waals surface area contributed by atoms with Crippen LogP contribution in [0.1, 0.15) is 33.4 Å². The van der Waals surface area contributed by atoms with Crippen molar-refractivity contribution >= 4 is 21.8 Å². The molecule has 0 amide bonds. The van der Waals surface area contributed by atoms with Crippen LogP contribution in [0.15, 0.2) is 91.0 Å². The fraction of sp³-hybridized carbons (Fsp3) is 0.0909. The number of fused-ring (bicyclic) bond motifs is 13. The Bertz CT molecular complexity index is 1880. The van der Waals surface area contributed by atoms with Crippen molar-refractivity contribution in [3.05, 3.63) is 124 Å². The molecule has 158 valence electrons. The molecule has 3 aliphatic rings. The number of hydrogen-bond acceptors (Lipinski definition) is 0. The molecule has 0 saturated heterocycles. The molecule has 1 nitrogen and oxygen atoms in total. The molecule has 34 heavy (non-hydrogen) atoms. The second kappa shape index (κ2) is 5.87. The monoisotopic (exact) mass is 431 g/mol. The van der Waals surface area contributed by atoms with E-state index >= 15 is 0 Å². The molecule has 0 fully saturated rings. The zero-order chi connectivity index (χ0) is 22.0. The van der Waals surface area contributed by atoms with Gasteiger partial charge in [-0.2, -0.15) is 0 Å². The lowest BCUT2D eigenvalue weighted by Gasteiger charge is -2.22. The lowest BCUT2D eigenvalue weighted by Crippen LogP contribution is -2.08. The van der Waals surface area contributed by atoms with Crippen LogP contribution in [0.4, 0.5) is 0 Å². The Kier molecular flexibility index (Phi) is 3.00. The van der Waals surface area contributed by atoms with Gasteiger partial charge in [0, 0.05) is 22.9 Å². The third-order valence-corrected chi connectivity index (χ3v) is 8.39. The lowest BCUT2D eigenvalue weighted by molar-refractivity contribution is 1.04. The predicted molar refractivity (Wildman–Crippen MR) is 140 cm³/mol. The summed E-state index contributed by atoms with van der Waals surface area (Å²) >= 11 is 0. The maximum Gasteiger partial charge on any atom is 0.0583 e. The Balaban J connectivity index is 1.49. The van der Waals surface area contributed by atoms with Crippen molar-refractivity contribution in [3.63, 3.8) is 0 Å². The van der Waals surface area contributed by atoms with Crippen molar-refractivity contribution < 1.29 is 0 Å². The molecule has 0 spiro atoms. The molecule has 1 aromatic heterocycles. The van der Waals surface area contributed by atoms with Gasteiger partial charge < -0.3 is 4.57 Å².